The van der Waals surface area contributed by atoms with Gasteiger partial charge in [-0.1, -0.05) is 24.3 Å². The Balaban J connectivity index is 1.31. The molecule has 1 N–H and O–H groups in total. The molecular formula is C19H24N4OS. The third kappa shape index (κ3) is 3.76. The monoisotopic (exact) mass is 356 g/mol. The summed E-state index contributed by atoms with van der Waals surface area (Å²) in [4.78, 5) is 21.8. The summed E-state index contributed by atoms with van der Waals surface area (Å²) in [6.45, 7) is 7.18. The van der Waals surface area contributed by atoms with Gasteiger partial charge in [-0.05, 0) is 24.5 Å². The molecule has 0 bridgehead atoms. The van der Waals surface area contributed by atoms with Crippen LogP contribution in [0.25, 0.3) is 0 Å². The van der Waals surface area contributed by atoms with E-state index in [2.05, 4.69) is 44.8 Å². The number of carbonyl (C=O) groups excluding carboxylic acids is 1. The van der Waals surface area contributed by atoms with Crippen molar-refractivity contribution in [3.63, 3.8) is 0 Å². The fraction of sp³-hybridized carbons (Fsp3) is 0.474. The molecule has 1 aromatic carbocycles. The Labute approximate surface area is 152 Å². The minimum Gasteiger partial charge on any atom is -0.339 e. The number of thiazole rings is 1. The number of hydrogen-bond acceptors (Lipinski definition) is 5. The lowest BCUT2D eigenvalue weighted by Gasteiger charge is -2.37. The first-order valence-electron chi connectivity index (χ1n) is 8.91. The highest BCUT2D eigenvalue weighted by atomic mass is 32.1. The lowest BCUT2D eigenvalue weighted by atomic mass is 9.95. The number of piperazine rings is 1. The fourth-order valence-electron chi connectivity index (χ4n) is 3.69. The van der Waals surface area contributed by atoms with Crippen LogP contribution in [0.4, 0.5) is 0 Å². The molecule has 25 heavy (non-hydrogen) atoms. The van der Waals surface area contributed by atoms with Gasteiger partial charge in [0, 0.05) is 44.6 Å². The van der Waals surface area contributed by atoms with Crippen LogP contribution in [0, 0.1) is 6.92 Å². The second-order valence-corrected chi connectivity index (χ2v) is 7.93. The van der Waals surface area contributed by atoms with Crippen LogP contribution >= 0.6 is 11.3 Å². The highest BCUT2D eigenvalue weighted by Gasteiger charge is 2.30. The molecule has 0 saturated carbocycles. The predicted octanol–water partition coefficient (Wildman–Crippen LogP) is 1.81. The summed E-state index contributed by atoms with van der Waals surface area (Å²) in [5.41, 5.74) is 3.76. The molecule has 1 aromatic heterocycles. The standard InChI is InChI=1S/C19H24N4OS/c1-14-21-17(13-25-14)12-22-6-8-23(9-7-22)19(24)18-10-15-4-2-3-5-16(15)11-20-18/h2-5,13,18,20H,6-12H2,1H3. The first-order chi connectivity index (χ1) is 12.2. The molecule has 0 radical (unpaired) electrons. The molecule has 3 heterocycles. The minimum atomic E-state index is -0.0809. The molecule has 1 unspecified atom stereocenters. The zero-order valence-corrected chi connectivity index (χ0v) is 15.4. The predicted molar refractivity (Wildman–Crippen MR) is 99.5 cm³/mol. The molecule has 1 fully saturated rings. The molecule has 0 spiro atoms. The molecule has 5 nitrogen and oxygen atoms in total. The third-order valence-corrected chi connectivity index (χ3v) is 5.94. The van der Waals surface area contributed by atoms with Gasteiger partial charge in [0.25, 0.3) is 0 Å². The Hall–Kier alpha value is -1.76. The highest BCUT2D eigenvalue weighted by molar-refractivity contribution is 7.09. The van der Waals surface area contributed by atoms with Crippen LogP contribution in [0.1, 0.15) is 21.8 Å². The van der Waals surface area contributed by atoms with E-state index >= 15 is 0 Å². The van der Waals surface area contributed by atoms with Crippen LogP contribution in [-0.2, 0) is 24.3 Å². The summed E-state index contributed by atoms with van der Waals surface area (Å²) in [5, 5.41) is 6.67. The fourth-order valence-corrected chi connectivity index (χ4v) is 4.29. The topological polar surface area (TPSA) is 48.5 Å². The number of hydrogen-bond donors (Lipinski definition) is 1. The maximum absolute atomic E-state index is 12.9. The van der Waals surface area contributed by atoms with E-state index in [0.717, 1.165) is 56.4 Å². The normalized spacial score (nSPS) is 21.2. The molecular weight excluding hydrogens is 332 g/mol. The second kappa shape index (κ2) is 7.23. The van der Waals surface area contributed by atoms with Gasteiger partial charge >= 0.3 is 0 Å². The largest absolute Gasteiger partial charge is 0.339 e. The van der Waals surface area contributed by atoms with Crippen LogP contribution in [0.3, 0.4) is 0 Å². The van der Waals surface area contributed by atoms with E-state index in [9.17, 15) is 4.79 Å². The zero-order chi connectivity index (χ0) is 17.2. The Morgan fingerprint density at radius 1 is 1.24 bits per heavy atom. The lowest BCUT2D eigenvalue weighted by Crippen LogP contribution is -2.55. The van der Waals surface area contributed by atoms with Crippen molar-refractivity contribution < 1.29 is 4.79 Å². The van der Waals surface area contributed by atoms with Gasteiger partial charge in [0.2, 0.25) is 5.91 Å². The zero-order valence-electron chi connectivity index (χ0n) is 14.6. The molecule has 1 atom stereocenters. The van der Waals surface area contributed by atoms with Gasteiger partial charge in [0.15, 0.2) is 0 Å². The van der Waals surface area contributed by atoms with E-state index in [4.69, 9.17) is 0 Å². The van der Waals surface area contributed by atoms with Crippen molar-refractivity contribution in [2.45, 2.75) is 32.5 Å². The number of amides is 1. The molecule has 1 amide bonds. The van der Waals surface area contributed by atoms with Crippen molar-refractivity contribution in [1.29, 1.82) is 0 Å². The number of nitrogens with one attached hydrogen (secondary N) is 1. The van der Waals surface area contributed by atoms with E-state index in [1.807, 2.05) is 11.8 Å². The summed E-state index contributed by atoms with van der Waals surface area (Å²) in [7, 11) is 0. The number of benzene rings is 1. The quantitative estimate of drug-likeness (QED) is 0.911. The maximum Gasteiger partial charge on any atom is 0.240 e. The van der Waals surface area contributed by atoms with Gasteiger partial charge < -0.3 is 10.2 Å². The smallest absolute Gasteiger partial charge is 0.240 e. The average Bonchev–Trinajstić information content (AvgIpc) is 3.06. The van der Waals surface area contributed by atoms with Gasteiger partial charge in [0.1, 0.15) is 0 Å². The van der Waals surface area contributed by atoms with Crippen LogP contribution in [0.2, 0.25) is 0 Å². The van der Waals surface area contributed by atoms with Gasteiger partial charge in [-0.2, -0.15) is 0 Å². The number of carbonyl (C=O) groups is 1. The lowest BCUT2D eigenvalue weighted by molar-refractivity contribution is -0.135. The summed E-state index contributed by atoms with van der Waals surface area (Å²) in [6, 6.07) is 8.32. The van der Waals surface area contributed by atoms with Gasteiger partial charge in [0.05, 0.1) is 16.7 Å². The van der Waals surface area contributed by atoms with Crippen LogP contribution in [0.15, 0.2) is 29.6 Å². The van der Waals surface area contributed by atoms with E-state index in [1.165, 1.54) is 11.1 Å². The van der Waals surface area contributed by atoms with Crippen LogP contribution in [0.5, 0.6) is 0 Å². The van der Waals surface area contributed by atoms with Crippen molar-refractivity contribution in [1.82, 2.24) is 20.1 Å². The Bertz CT molecular complexity index is 751. The van der Waals surface area contributed by atoms with E-state index in [1.54, 1.807) is 11.3 Å². The van der Waals surface area contributed by atoms with Gasteiger partial charge in [-0.25, -0.2) is 4.98 Å². The minimum absolute atomic E-state index is 0.0809. The number of aryl methyl sites for hydroxylation is 1. The molecule has 6 heteroatoms. The van der Waals surface area contributed by atoms with Crippen LogP contribution in [-0.4, -0.2) is 52.9 Å². The third-order valence-electron chi connectivity index (χ3n) is 5.12. The first kappa shape index (κ1) is 16.7. The first-order valence-corrected chi connectivity index (χ1v) is 9.79. The van der Waals surface area contributed by atoms with Crippen molar-refractivity contribution in [2.75, 3.05) is 26.2 Å². The summed E-state index contributed by atoms with van der Waals surface area (Å²) >= 11 is 1.70. The summed E-state index contributed by atoms with van der Waals surface area (Å²) in [6.07, 6.45) is 0.799. The molecule has 2 aliphatic rings. The van der Waals surface area contributed by atoms with E-state index < -0.39 is 0 Å². The van der Waals surface area contributed by atoms with Crippen molar-refractivity contribution in [3.05, 3.63) is 51.5 Å². The van der Waals surface area contributed by atoms with E-state index in [0.29, 0.717) is 0 Å². The maximum atomic E-state index is 12.9. The molecule has 0 aliphatic carbocycles. The molecule has 2 aromatic rings. The van der Waals surface area contributed by atoms with Gasteiger partial charge in [-0.15, -0.1) is 11.3 Å². The Kier molecular flexibility index (Phi) is 4.83. The number of fused-ring (bicyclic) bond motifs is 1. The van der Waals surface area contributed by atoms with Crippen molar-refractivity contribution in [2.24, 2.45) is 0 Å². The molecule has 1 saturated heterocycles. The highest BCUT2D eigenvalue weighted by Crippen LogP contribution is 2.18. The van der Waals surface area contributed by atoms with E-state index in [-0.39, 0.29) is 11.9 Å². The second-order valence-electron chi connectivity index (χ2n) is 6.87. The number of aromatic nitrogens is 1. The van der Waals surface area contributed by atoms with Gasteiger partial charge in [-0.3, -0.25) is 9.69 Å². The average molecular weight is 356 g/mol. The molecule has 2 aliphatic heterocycles. The van der Waals surface area contributed by atoms with Crippen molar-refractivity contribution >= 4 is 17.2 Å². The Morgan fingerprint density at radius 3 is 2.72 bits per heavy atom. The molecule has 4 rings (SSSR count). The van der Waals surface area contributed by atoms with Crippen LogP contribution < -0.4 is 5.32 Å². The summed E-state index contributed by atoms with van der Waals surface area (Å²) in [5.74, 6) is 0.249. The summed E-state index contributed by atoms with van der Waals surface area (Å²) < 4.78 is 0. The number of nitrogens with zero attached hydrogens (tertiary/aromatic N) is 3. The number of rotatable bonds is 3. The SMILES string of the molecule is Cc1nc(CN2CCN(C(=O)C3Cc4ccccc4CN3)CC2)cs1. The van der Waals surface area contributed by atoms with Crippen molar-refractivity contribution in [3.8, 4) is 0 Å². The Morgan fingerprint density at radius 2 is 2.00 bits per heavy atom. The molecule has 132 valence electrons.